The summed E-state index contributed by atoms with van der Waals surface area (Å²) in [5.41, 5.74) is 1.78. The number of anilines is 1. The Bertz CT molecular complexity index is 782. The molecule has 2 aromatic carbocycles. The third kappa shape index (κ3) is 6.48. The monoisotopic (exact) mass is 398 g/mol. The van der Waals surface area contributed by atoms with Crippen molar-refractivity contribution in [3.8, 4) is 11.5 Å². The molecule has 2 atom stereocenters. The highest BCUT2D eigenvalue weighted by molar-refractivity contribution is 5.91. The Morgan fingerprint density at radius 1 is 1.07 bits per heavy atom. The summed E-state index contributed by atoms with van der Waals surface area (Å²) in [6.07, 6.45) is 3.83. The van der Waals surface area contributed by atoms with Crippen molar-refractivity contribution in [2.75, 3.05) is 18.5 Å². The van der Waals surface area contributed by atoms with Gasteiger partial charge in [-0.05, 0) is 49.6 Å². The van der Waals surface area contributed by atoms with E-state index in [1.54, 1.807) is 0 Å². The van der Waals surface area contributed by atoms with Gasteiger partial charge < -0.3 is 25.2 Å². The Morgan fingerprint density at radius 3 is 2.62 bits per heavy atom. The van der Waals surface area contributed by atoms with E-state index in [1.807, 2.05) is 55.5 Å². The first-order valence-corrected chi connectivity index (χ1v) is 10.3. The molecule has 29 heavy (non-hydrogen) atoms. The van der Waals surface area contributed by atoms with E-state index in [0.717, 1.165) is 36.9 Å². The van der Waals surface area contributed by atoms with Crippen molar-refractivity contribution < 1.29 is 19.4 Å². The minimum Gasteiger partial charge on any atom is -0.490 e. The third-order valence-electron chi connectivity index (χ3n) is 5.02. The number of rotatable bonds is 9. The number of amides is 1. The van der Waals surface area contributed by atoms with Crippen LogP contribution in [0.2, 0.25) is 0 Å². The lowest BCUT2D eigenvalue weighted by molar-refractivity contribution is -0.118. The number of carbonyl (C=O) groups excluding carboxylic acids is 1. The summed E-state index contributed by atoms with van der Waals surface area (Å²) < 4.78 is 11.4. The second kappa shape index (κ2) is 10.8. The van der Waals surface area contributed by atoms with Crippen LogP contribution in [-0.2, 0) is 11.3 Å². The molecule has 0 spiro atoms. The summed E-state index contributed by atoms with van der Waals surface area (Å²) >= 11 is 0. The number of aliphatic hydroxyl groups excluding tert-OH is 1. The molecule has 6 nitrogen and oxygen atoms in total. The van der Waals surface area contributed by atoms with E-state index in [-0.39, 0.29) is 24.7 Å². The van der Waals surface area contributed by atoms with Crippen LogP contribution < -0.4 is 20.1 Å². The molecule has 0 aliphatic heterocycles. The number of benzene rings is 2. The van der Waals surface area contributed by atoms with Crippen molar-refractivity contribution in [2.45, 2.75) is 51.3 Å². The molecule has 3 rings (SSSR count). The molecule has 1 aliphatic carbocycles. The van der Waals surface area contributed by atoms with Crippen molar-refractivity contribution in [1.82, 2.24) is 5.32 Å². The molecular weight excluding hydrogens is 368 g/mol. The Kier molecular flexibility index (Phi) is 7.90. The van der Waals surface area contributed by atoms with Crippen molar-refractivity contribution >= 4 is 11.6 Å². The number of para-hydroxylation sites is 1. The first-order chi connectivity index (χ1) is 14.2. The molecular formula is C23H30N2O4. The number of nitrogens with one attached hydrogen (secondary N) is 2. The average molecular weight is 399 g/mol. The average Bonchev–Trinajstić information content (AvgIpc) is 2.73. The first-order valence-electron chi connectivity index (χ1n) is 10.3. The van der Waals surface area contributed by atoms with Crippen LogP contribution in [0.5, 0.6) is 11.5 Å². The molecule has 6 heteroatoms. The topological polar surface area (TPSA) is 79.8 Å². The molecule has 1 fully saturated rings. The summed E-state index contributed by atoms with van der Waals surface area (Å²) in [5, 5.41) is 16.4. The number of aliphatic hydroxyl groups is 1. The highest BCUT2D eigenvalue weighted by Crippen LogP contribution is 2.29. The fraction of sp³-hybridized carbons (Fsp3) is 0.435. The summed E-state index contributed by atoms with van der Waals surface area (Å²) in [7, 11) is 0. The minimum absolute atomic E-state index is 0.0964. The van der Waals surface area contributed by atoms with Crippen molar-refractivity contribution in [3.05, 3.63) is 54.1 Å². The SMILES string of the molecule is CCOc1cc(CNC2CCCCC2O)ccc1OCC(=O)Nc1ccccc1. The highest BCUT2D eigenvalue weighted by Gasteiger charge is 2.22. The van der Waals surface area contributed by atoms with Crippen LogP contribution in [0.25, 0.3) is 0 Å². The number of carbonyl (C=O) groups is 1. The van der Waals surface area contributed by atoms with E-state index >= 15 is 0 Å². The fourth-order valence-corrected chi connectivity index (χ4v) is 3.51. The van der Waals surface area contributed by atoms with Gasteiger partial charge in [-0.25, -0.2) is 0 Å². The van der Waals surface area contributed by atoms with Gasteiger partial charge in [-0.3, -0.25) is 4.79 Å². The van der Waals surface area contributed by atoms with E-state index in [2.05, 4.69) is 10.6 Å². The van der Waals surface area contributed by atoms with Gasteiger partial charge in [-0.2, -0.15) is 0 Å². The lowest BCUT2D eigenvalue weighted by Gasteiger charge is -2.28. The standard InChI is InChI=1S/C23H30N2O4/c1-2-28-22-14-17(15-24-19-10-6-7-11-20(19)26)12-13-21(22)29-16-23(27)25-18-8-4-3-5-9-18/h3-5,8-9,12-14,19-20,24,26H,2,6-7,10-11,15-16H2,1H3,(H,25,27). The zero-order valence-electron chi connectivity index (χ0n) is 16.9. The second-order valence-electron chi connectivity index (χ2n) is 7.26. The van der Waals surface area contributed by atoms with Gasteiger partial charge in [0.1, 0.15) is 0 Å². The normalized spacial score (nSPS) is 18.8. The molecule has 1 saturated carbocycles. The first kappa shape index (κ1) is 21.1. The van der Waals surface area contributed by atoms with Crippen LogP contribution in [0.4, 0.5) is 5.69 Å². The van der Waals surface area contributed by atoms with Gasteiger partial charge in [0.2, 0.25) is 0 Å². The van der Waals surface area contributed by atoms with Gasteiger partial charge >= 0.3 is 0 Å². The predicted octanol–water partition coefficient (Wildman–Crippen LogP) is 3.50. The maximum Gasteiger partial charge on any atom is 0.262 e. The quantitative estimate of drug-likeness (QED) is 0.603. The Morgan fingerprint density at radius 2 is 1.86 bits per heavy atom. The lowest BCUT2D eigenvalue weighted by Crippen LogP contribution is -2.41. The summed E-state index contributed by atoms with van der Waals surface area (Å²) in [6.45, 7) is 2.97. The molecule has 0 bridgehead atoms. The van der Waals surface area contributed by atoms with Gasteiger partial charge in [0.15, 0.2) is 18.1 Å². The Labute approximate surface area is 172 Å². The van der Waals surface area contributed by atoms with Crippen LogP contribution in [0.1, 0.15) is 38.2 Å². The number of hydrogen-bond donors (Lipinski definition) is 3. The second-order valence-corrected chi connectivity index (χ2v) is 7.26. The van der Waals surface area contributed by atoms with E-state index in [4.69, 9.17) is 9.47 Å². The Balaban J connectivity index is 1.56. The molecule has 2 aromatic rings. The summed E-state index contributed by atoms with van der Waals surface area (Å²) in [6, 6.07) is 15.1. The highest BCUT2D eigenvalue weighted by atomic mass is 16.5. The maximum atomic E-state index is 12.1. The molecule has 3 N–H and O–H groups in total. The van der Waals surface area contributed by atoms with Crippen molar-refractivity contribution in [3.63, 3.8) is 0 Å². The van der Waals surface area contributed by atoms with Crippen LogP contribution in [0, 0.1) is 0 Å². The molecule has 2 unspecified atom stereocenters. The Hall–Kier alpha value is -2.57. The van der Waals surface area contributed by atoms with E-state index in [9.17, 15) is 9.90 Å². The summed E-state index contributed by atoms with van der Waals surface area (Å²) in [5.74, 6) is 0.927. The van der Waals surface area contributed by atoms with Crippen LogP contribution in [-0.4, -0.2) is 36.4 Å². The maximum absolute atomic E-state index is 12.1. The molecule has 0 heterocycles. The van der Waals surface area contributed by atoms with Crippen LogP contribution >= 0.6 is 0 Å². The van der Waals surface area contributed by atoms with E-state index < -0.39 is 0 Å². The van der Waals surface area contributed by atoms with Gasteiger partial charge in [0.05, 0.1) is 12.7 Å². The summed E-state index contributed by atoms with van der Waals surface area (Å²) in [4.78, 5) is 12.1. The smallest absolute Gasteiger partial charge is 0.262 e. The van der Waals surface area contributed by atoms with Gasteiger partial charge in [0.25, 0.3) is 5.91 Å². The molecule has 1 amide bonds. The molecule has 1 aliphatic rings. The zero-order chi connectivity index (χ0) is 20.5. The lowest BCUT2D eigenvalue weighted by atomic mass is 9.92. The van der Waals surface area contributed by atoms with Gasteiger partial charge in [-0.1, -0.05) is 37.1 Å². The van der Waals surface area contributed by atoms with Crippen molar-refractivity contribution in [1.29, 1.82) is 0 Å². The van der Waals surface area contributed by atoms with E-state index in [1.165, 1.54) is 0 Å². The minimum atomic E-state index is -0.277. The number of hydrogen-bond acceptors (Lipinski definition) is 5. The third-order valence-corrected chi connectivity index (χ3v) is 5.02. The van der Waals surface area contributed by atoms with Gasteiger partial charge in [-0.15, -0.1) is 0 Å². The molecule has 0 radical (unpaired) electrons. The molecule has 0 saturated heterocycles. The fourth-order valence-electron chi connectivity index (χ4n) is 3.51. The van der Waals surface area contributed by atoms with Crippen molar-refractivity contribution in [2.24, 2.45) is 0 Å². The predicted molar refractivity (Wildman–Crippen MR) is 113 cm³/mol. The van der Waals surface area contributed by atoms with E-state index in [0.29, 0.717) is 24.7 Å². The molecule has 0 aromatic heterocycles. The zero-order valence-corrected chi connectivity index (χ0v) is 16.9. The van der Waals surface area contributed by atoms with Gasteiger partial charge in [0, 0.05) is 18.3 Å². The van der Waals surface area contributed by atoms with Crippen LogP contribution in [0.3, 0.4) is 0 Å². The largest absolute Gasteiger partial charge is 0.490 e. The number of ether oxygens (including phenoxy) is 2. The van der Waals surface area contributed by atoms with Crippen LogP contribution in [0.15, 0.2) is 48.5 Å². The molecule has 156 valence electrons.